The van der Waals surface area contributed by atoms with Crippen molar-refractivity contribution >= 4 is 27.3 Å². The molecule has 1 unspecified atom stereocenters. The second-order valence-corrected chi connectivity index (χ2v) is 7.01. The number of hydrogen-bond donors (Lipinski definition) is 1. The van der Waals surface area contributed by atoms with Crippen LogP contribution >= 0.6 is 27.3 Å². The predicted octanol–water partition coefficient (Wildman–Crippen LogP) is 4.78. The fourth-order valence-electron chi connectivity index (χ4n) is 2.30. The quantitative estimate of drug-likeness (QED) is 0.836. The van der Waals surface area contributed by atoms with Crippen molar-refractivity contribution in [3.63, 3.8) is 0 Å². The molecule has 1 atom stereocenters. The van der Waals surface area contributed by atoms with Crippen LogP contribution in [0.4, 0.5) is 0 Å². The van der Waals surface area contributed by atoms with E-state index < -0.39 is 0 Å². The van der Waals surface area contributed by atoms with Gasteiger partial charge in [0.15, 0.2) is 0 Å². The molecule has 0 radical (unpaired) electrons. The zero-order valence-corrected chi connectivity index (χ0v) is 14.9. The first-order valence-electron chi connectivity index (χ1n) is 7.02. The van der Waals surface area contributed by atoms with Gasteiger partial charge in [-0.05, 0) is 44.0 Å². The molecular weight excluding hydrogens is 332 g/mol. The Morgan fingerprint density at radius 2 is 2.05 bits per heavy atom. The van der Waals surface area contributed by atoms with Crippen molar-refractivity contribution in [2.24, 2.45) is 0 Å². The fraction of sp³-hybridized carbons (Fsp3) is 0.438. The summed E-state index contributed by atoms with van der Waals surface area (Å²) in [6, 6.07) is 6.68. The third-order valence-corrected chi connectivity index (χ3v) is 5.13. The average molecular weight is 353 g/mol. The number of hydrogen-bond acceptors (Lipinski definition) is 3. The van der Waals surface area contributed by atoms with Crippen molar-refractivity contribution in [1.82, 2.24) is 10.3 Å². The van der Waals surface area contributed by atoms with Crippen LogP contribution in [0.25, 0.3) is 0 Å². The lowest BCUT2D eigenvalue weighted by Crippen LogP contribution is -2.22. The van der Waals surface area contributed by atoms with E-state index in [4.69, 9.17) is 4.98 Å². The molecule has 0 fully saturated rings. The number of nitrogens with one attached hydrogen (secondary N) is 1. The molecule has 0 bridgehead atoms. The van der Waals surface area contributed by atoms with E-state index in [9.17, 15) is 0 Å². The molecule has 2 rings (SSSR count). The van der Waals surface area contributed by atoms with Gasteiger partial charge < -0.3 is 5.32 Å². The Bertz CT molecular complexity index is 592. The van der Waals surface area contributed by atoms with Crippen molar-refractivity contribution in [3.8, 4) is 0 Å². The number of aryl methyl sites for hydroxylation is 3. The molecule has 0 aliphatic rings. The van der Waals surface area contributed by atoms with Crippen molar-refractivity contribution < 1.29 is 0 Å². The molecule has 0 saturated carbocycles. The minimum atomic E-state index is 0.166. The summed E-state index contributed by atoms with van der Waals surface area (Å²) in [4.78, 5) is 6.15. The number of nitrogens with zero attached hydrogens (tertiary/aromatic N) is 1. The molecule has 4 heteroatoms. The first-order chi connectivity index (χ1) is 9.56. The Balaban J connectivity index is 2.44. The molecule has 0 aliphatic carbocycles. The highest BCUT2D eigenvalue weighted by Crippen LogP contribution is 2.32. The van der Waals surface area contributed by atoms with Crippen LogP contribution in [0.1, 0.15) is 46.6 Å². The Kier molecular flexibility index (Phi) is 5.35. The number of halogens is 1. The standard InChI is InChI=1S/C16H21BrN2S/c1-5-14-11(4)20-16(19-14)15(18-6-2)12-8-7-10(3)9-13(12)17/h7-9,15,18H,5-6H2,1-4H3. The van der Waals surface area contributed by atoms with Crippen molar-refractivity contribution in [1.29, 1.82) is 0 Å². The molecule has 0 aliphatic heterocycles. The van der Waals surface area contributed by atoms with E-state index in [0.717, 1.165) is 22.4 Å². The monoisotopic (exact) mass is 352 g/mol. The highest BCUT2D eigenvalue weighted by atomic mass is 79.9. The summed E-state index contributed by atoms with van der Waals surface area (Å²) in [5.41, 5.74) is 3.74. The topological polar surface area (TPSA) is 24.9 Å². The van der Waals surface area contributed by atoms with Crippen LogP contribution in [0.15, 0.2) is 22.7 Å². The predicted molar refractivity (Wildman–Crippen MR) is 90.6 cm³/mol. The highest BCUT2D eigenvalue weighted by molar-refractivity contribution is 9.10. The first-order valence-corrected chi connectivity index (χ1v) is 8.63. The summed E-state index contributed by atoms with van der Waals surface area (Å²) in [5, 5.41) is 4.72. The molecule has 2 nitrogen and oxygen atoms in total. The van der Waals surface area contributed by atoms with Crippen LogP contribution in [0.3, 0.4) is 0 Å². The molecule has 1 heterocycles. The van der Waals surface area contributed by atoms with Gasteiger partial charge in [0.2, 0.25) is 0 Å². The number of benzene rings is 1. The van der Waals surface area contributed by atoms with E-state index >= 15 is 0 Å². The summed E-state index contributed by atoms with van der Waals surface area (Å²) >= 11 is 5.49. The van der Waals surface area contributed by atoms with Crippen molar-refractivity contribution in [2.45, 2.75) is 40.2 Å². The lowest BCUT2D eigenvalue weighted by atomic mass is 10.1. The van der Waals surface area contributed by atoms with Gasteiger partial charge in [-0.25, -0.2) is 4.98 Å². The van der Waals surface area contributed by atoms with Gasteiger partial charge in [-0.1, -0.05) is 41.9 Å². The van der Waals surface area contributed by atoms with Crippen molar-refractivity contribution in [3.05, 3.63) is 49.4 Å². The summed E-state index contributed by atoms with van der Waals surface area (Å²) < 4.78 is 1.15. The summed E-state index contributed by atoms with van der Waals surface area (Å²) in [7, 11) is 0. The minimum Gasteiger partial charge on any atom is -0.305 e. The summed E-state index contributed by atoms with van der Waals surface area (Å²) in [6.45, 7) is 9.49. The Morgan fingerprint density at radius 1 is 1.30 bits per heavy atom. The van der Waals surface area contributed by atoms with Gasteiger partial charge in [-0.2, -0.15) is 0 Å². The average Bonchev–Trinajstić information content (AvgIpc) is 2.78. The van der Waals surface area contributed by atoms with Gasteiger partial charge in [-0.3, -0.25) is 0 Å². The Morgan fingerprint density at radius 3 is 2.60 bits per heavy atom. The number of thiazole rings is 1. The maximum atomic E-state index is 4.82. The zero-order valence-electron chi connectivity index (χ0n) is 12.5. The molecular formula is C16H21BrN2S. The van der Waals surface area contributed by atoms with Crippen molar-refractivity contribution in [2.75, 3.05) is 6.54 Å². The van der Waals surface area contributed by atoms with Crippen LogP contribution in [0, 0.1) is 13.8 Å². The SMILES string of the molecule is CCNC(c1nc(CC)c(C)s1)c1ccc(C)cc1Br. The van der Waals surface area contributed by atoms with Crippen LogP contribution < -0.4 is 5.32 Å². The second kappa shape index (κ2) is 6.83. The lowest BCUT2D eigenvalue weighted by Gasteiger charge is -2.18. The molecule has 1 N–H and O–H groups in total. The van der Waals surface area contributed by atoms with E-state index in [1.807, 2.05) is 0 Å². The van der Waals surface area contributed by atoms with Gasteiger partial charge in [-0.15, -0.1) is 11.3 Å². The largest absolute Gasteiger partial charge is 0.305 e. The van der Waals surface area contributed by atoms with Gasteiger partial charge in [0.25, 0.3) is 0 Å². The lowest BCUT2D eigenvalue weighted by molar-refractivity contribution is 0.623. The summed E-state index contributed by atoms with van der Waals surface area (Å²) in [5.74, 6) is 0. The Labute approximate surface area is 133 Å². The highest BCUT2D eigenvalue weighted by Gasteiger charge is 2.20. The van der Waals surface area contributed by atoms with E-state index in [1.165, 1.54) is 21.7 Å². The maximum absolute atomic E-state index is 4.82. The van der Waals surface area contributed by atoms with E-state index in [-0.39, 0.29) is 6.04 Å². The molecule has 20 heavy (non-hydrogen) atoms. The maximum Gasteiger partial charge on any atom is 0.115 e. The van der Waals surface area contributed by atoms with Crippen LogP contribution in [-0.4, -0.2) is 11.5 Å². The number of aromatic nitrogens is 1. The van der Waals surface area contributed by atoms with Gasteiger partial charge in [0.05, 0.1) is 11.7 Å². The second-order valence-electron chi connectivity index (χ2n) is 4.92. The normalized spacial score (nSPS) is 12.7. The van der Waals surface area contributed by atoms with E-state index in [1.54, 1.807) is 11.3 Å². The third kappa shape index (κ3) is 3.30. The molecule has 1 aromatic carbocycles. The van der Waals surface area contributed by atoms with Crippen LogP contribution in [0.5, 0.6) is 0 Å². The molecule has 1 aromatic heterocycles. The van der Waals surface area contributed by atoms with E-state index in [0.29, 0.717) is 0 Å². The van der Waals surface area contributed by atoms with Gasteiger partial charge in [0.1, 0.15) is 5.01 Å². The smallest absolute Gasteiger partial charge is 0.115 e. The van der Waals surface area contributed by atoms with E-state index in [2.05, 4.69) is 67.1 Å². The zero-order chi connectivity index (χ0) is 14.7. The third-order valence-electron chi connectivity index (χ3n) is 3.37. The molecule has 108 valence electrons. The Hall–Kier alpha value is -0.710. The van der Waals surface area contributed by atoms with Gasteiger partial charge >= 0.3 is 0 Å². The minimum absolute atomic E-state index is 0.166. The fourth-order valence-corrected chi connectivity index (χ4v) is 4.13. The first kappa shape index (κ1) is 15.7. The van der Waals surface area contributed by atoms with Crippen LogP contribution in [-0.2, 0) is 6.42 Å². The summed E-state index contributed by atoms with van der Waals surface area (Å²) in [6.07, 6.45) is 0.996. The molecule has 0 spiro atoms. The molecule has 0 amide bonds. The molecule has 2 aromatic rings. The number of rotatable bonds is 5. The van der Waals surface area contributed by atoms with Gasteiger partial charge in [0, 0.05) is 9.35 Å². The molecule has 0 saturated heterocycles. The van der Waals surface area contributed by atoms with Crippen LogP contribution in [0.2, 0.25) is 0 Å².